The zero-order valence-electron chi connectivity index (χ0n) is 13.5. The van der Waals surface area contributed by atoms with E-state index in [1.54, 1.807) is 24.3 Å². The van der Waals surface area contributed by atoms with E-state index in [1.807, 2.05) is 6.07 Å². The van der Waals surface area contributed by atoms with Gasteiger partial charge in [0.15, 0.2) is 17.3 Å². The van der Waals surface area contributed by atoms with E-state index in [0.29, 0.717) is 11.5 Å². The van der Waals surface area contributed by atoms with E-state index < -0.39 is 18.0 Å². The summed E-state index contributed by atoms with van der Waals surface area (Å²) < 4.78 is 19.5. The third-order valence-electron chi connectivity index (χ3n) is 3.88. The van der Waals surface area contributed by atoms with Gasteiger partial charge in [0.2, 0.25) is 6.23 Å². The zero-order valence-corrected chi connectivity index (χ0v) is 15.1. The fourth-order valence-corrected chi connectivity index (χ4v) is 3.16. The lowest BCUT2D eigenvalue weighted by Gasteiger charge is -2.15. The number of rotatable bonds is 3. The molecule has 1 amide bonds. The van der Waals surface area contributed by atoms with Gasteiger partial charge in [0.1, 0.15) is 5.82 Å². The van der Waals surface area contributed by atoms with Gasteiger partial charge in [-0.25, -0.2) is 4.39 Å². The number of anilines is 2. The number of hydrogen-bond acceptors (Lipinski definition) is 5. The Morgan fingerprint density at radius 1 is 1.15 bits per heavy atom. The van der Waals surface area contributed by atoms with Crippen LogP contribution in [0.1, 0.15) is 22.3 Å². The van der Waals surface area contributed by atoms with Crippen molar-refractivity contribution < 1.29 is 13.9 Å². The van der Waals surface area contributed by atoms with Gasteiger partial charge >= 0.3 is 0 Å². The largest absolute Gasteiger partial charge is 0.462 e. The van der Waals surface area contributed by atoms with Gasteiger partial charge < -0.3 is 15.4 Å². The van der Waals surface area contributed by atoms with E-state index in [-0.39, 0.29) is 27.1 Å². The smallest absolute Gasteiger partial charge is 0.276 e. The van der Waals surface area contributed by atoms with Crippen LogP contribution in [0.15, 0.2) is 48.5 Å². The predicted molar refractivity (Wildman–Crippen MR) is 99.8 cm³/mol. The van der Waals surface area contributed by atoms with Crippen LogP contribution in [0.2, 0.25) is 10.0 Å². The number of hydrogen-bond donors (Lipinski definition) is 2. The molecule has 1 atom stereocenters. The normalized spacial score (nSPS) is 14.9. The molecular formula is C18H11Cl2FN4O2. The van der Waals surface area contributed by atoms with E-state index >= 15 is 0 Å². The van der Waals surface area contributed by atoms with Crippen molar-refractivity contribution in [3.63, 3.8) is 0 Å². The molecule has 0 radical (unpaired) electrons. The molecule has 1 aromatic heterocycles. The van der Waals surface area contributed by atoms with Crippen molar-refractivity contribution in [2.45, 2.75) is 6.23 Å². The Morgan fingerprint density at radius 2 is 1.93 bits per heavy atom. The molecule has 2 aromatic carbocycles. The minimum Gasteiger partial charge on any atom is -0.462 e. The maximum absolute atomic E-state index is 13.8. The predicted octanol–water partition coefficient (Wildman–Crippen LogP) is 4.68. The first kappa shape index (κ1) is 17.5. The summed E-state index contributed by atoms with van der Waals surface area (Å²) >= 11 is 12.1. The van der Waals surface area contributed by atoms with Crippen molar-refractivity contribution in [3.8, 4) is 5.75 Å². The summed E-state index contributed by atoms with van der Waals surface area (Å²) in [5, 5.41) is 13.6. The summed E-state index contributed by atoms with van der Waals surface area (Å²) in [6, 6.07) is 12.9. The summed E-state index contributed by atoms with van der Waals surface area (Å²) in [5.41, 5.74) is 0.933. The SMILES string of the molecule is O=C(Nc1ccccc1)c1cc2c(nn1)NC(c1c(Cl)ccc(F)c1Cl)O2. The molecule has 9 heteroatoms. The van der Waals surface area contributed by atoms with Crippen molar-refractivity contribution in [2.75, 3.05) is 10.6 Å². The second-order valence-corrected chi connectivity index (χ2v) is 6.45. The fraction of sp³-hybridized carbons (Fsp3) is 0.0556. The first-order valence-electron chi connectivity index (χ1n) is 7.83. The minimum absolute atomic E-state index is 0.0662. The summed E-state index contributed by atoms with van der Waals surface area (Å²) in [6.45, 7) is 0. The van der Waals surface area contributed by atoms with E-state index in [1.165, 1.54) is 18.2 Å². The molecule has 0 saturated heterocycles. The monoisotopic (exact) mass is 404 g/mol. The number of carbonyl (C=O) groups excluding carboxylic acids is 1. The van der Waals surface area contributed by atoms with Gasteiger partial charge in [-0.15, -0.1) is 10.2 Å². The quantitative estimate of drug-likeness (QED) is 0.619. The van der Waals surface area contributed by atoms with Crippen molar-refractivity contribution in [3.05, 3.63) is 75.7 Å². The van der Waals surface area contributed by atoms with Crippen LogP contribution in [0.3, 0.4) is 0 Å². The van der Waals surface area contributed by atoms with Gasteiger partial charge in [0.25, 0.3) is 5.91 Å². The van der Waals surface area contributed by atoms with Gasteiger partial charge in [-0.05, 0) is 24.3 Å². The van der Waals surface area contributed by atoms with E-state index in [0.717, 1.165) is 0 Å². The number of halogens is 3. The molecule has 2 heterocycles. The Morgan fingerprint density at radius 3 is 2.70 bits per heavy atom. The van der Waals surface area contributed by atoms with Gasteiger partial charge in [0.05, 0.1) is 15.6 Å². The minimum atomic E-state index is -0.850. The Labute approximate surface area is 163 Å². The lowest BCUT2D eigenvalue weighted by atomic mass is 10.2. The van der Waals surface area contributed by atoms with E-state index in [2.05, 4.69) is 20.8 Å². The lowest BCUT2D eigenvalue weighted by Crippen LogP contribution is -2.14. The van der Waals surface area contributed by atoms with Crippen LogP contribution in [-0.2, 0) is 0 Å². The van der Waals surface area contributed by atoms with Crippen LogP contribution >= 0.6 is 23.2 Å². The number of amides is 1. The number of ether oxygens (including phenoxy) is 1. The zero-order chi connectivity index (χ0) is 19.0. The number of carbonyl (C=O) groups is 1. The molecule has 1 aliphatic rings. The van der Waals surface area contributed by atoms with Gasteiger partial charge in [-0.1, -0.05) is 41.4 Å². The highest BCUT2D eigenvalue weighted by Gasteiger charge is 2.30. The first-order chi connectivity index (χ1) is 13.0. The number of nitrogens with one attached hydrogen (secondary N) is 2. The summed E-state index contributed by atoms with van der Waals surface area (Å²) in [6.07, 6.45) is -0.850. The number of fused-ring (bicyclic) bond motifs is 1. The van der Waals surface area contributed by atoms with Crippen molar-refractivity contribution in [1.82, 2.24) is 10.2 Å². The first-order valence-corrected chi connectivity index (χ1v) is 8.59. The number of para-hydroxylation sites is 1. The second kappa shape index (κ2) is 7.02. The van der Waals surface area contributed by atoms with Crippen LogP contribution in [0.25, 0.3) is 0 Å². The van der Waals surface area contributed by atoms with Crippen molar-refractivity contribution in [1.29, 1.82) is 0 Å². The summed E-state index contributed by atoms with van der Waals surface area (Å²) in [7, 11) is 0. The molecule has 0 bridgehead atoms. The molecular weight excluding hydrogens is 394 g/mol. The van der Waals surface area contributed by atoms with Crippen LogP contribution in [0.5, 0.6) is 5.75 Å². The van der Waals surface area contributed by atoms with Crippen molar-refractivity contribution >= 4 is 40.6 Å². The van der Waals surface area contributed by atoms with Gasteiger partial charge in [-0.2, -0.15) is 0 Å². The van der Waals surface area contributed by atoms with Crippen LogP contribution < -0.4 is 15.4 Å². The maximum atomic E-state index is 13.8. The molecule has 1 aliphatic heterocycles. The molecule has 0 aliphatic carbocycles. The van der Waals surface area contributed by atoms with Crippen LogP contribution in [0.4, 0.5) is 15.9 Å². The average molecular weight is 405 g/mol. The molecule has 2 N–H and O–H groups in total. The molecule has 0 fully saturated rings. The lowest BCUT2D eigenvalue weighted by molar-refractivity contribution is 0.102. The van der Waals surface area contributed by atoms with E-state index in [4.69, 9.17) is 27.9 Å². The number of nitrogens with zero attached hydrogens (tertiary/aromatic N) is 2. The summed E-state index contributed by atoms with van der Waals surface area (Å²) in [5.74, 6) is -0.478. The standard InChI is InChI=1S/C18H11Cl2FN4O2/c19-10-6-7-11(21)15(20)14(10)18-23-16-13(27-18)8-12(24-25-16)17(26)22-9-4-2-1-3-5-9/h1-8,18H,(H,22,26)(H,23,25). The second-order valence-electron chi connectivity index (χ2n) is 5.66. The topological polar surface area (TPSA) is 76.1 Å². The highest BCUT2D eigenvalue weighted by Crippen LogP contribution is 2.41. The Balaban J connectivity index is 1.57. The molecule has 0 saturated carbocycles. The molecule has 3 aromatic rings. The van der Waals surface area contributed by atoms with Crippen LogP contribution in [0, 0.1) is 5.82 Å². The third kappa shape index (κ3) is 3.39. The molecule has 136 valence electrons. The van der Waals surface area contributed by atoms with Crippen LogP contribution in [-0.4, -0.2) is 16.1 Å². The van der Waals surface area contributed by atoms with Gasteiger partial charge in [0, 0.05) is 11.8 Å². The highest BCUT2D eigenvalue weighted by atomic mass is 35.5. The molecule has 1 unspecified atom stereocenters. The third-order valence-corrected chi connectivity index (χ3v) is 4.59. The Kier molecular flexibility index (Phi) is 4.55. The highest BCUT2D eigenvalue weighted by molar-refractivity contribution is 6.36. The van der Waals surface area contributed by atoms with Crippen molar-refractivity contribution in [2.24, 2.45) is 0 Å². The molecule has 4 rings (SSSR count). The Hall–Kier alpha value is -2.90. The maximum Gasteiger partial charge on any atom is 0.276 e. The Bertz CT molecular complexity index is 1030. The fourth-order valence-electron chi connectivity index (χ4n) is 2.59. The molecule has 6 nitrogen and oxygen atoms in total. The number of benzene rings is 2. The number of aromatic nitrogens is 2. The van der Waals surface area contributed by atoms with Gasteiger partial charge in [-0.3, -0.25) is 4.79 Å². The average Bonchev–Trinajstić information content (AvgIpc) is 3.08. The van der Waals surface area contributed by atoms with E-state index in [9.17, 15) is 9.18 Å². The molecule has 0 spiro atoms. The summed E-state index contributed by atoms with van der Waals surface area (Å²) in [4.78, 5) is 12.3. The molecule has 27 heavy (non-hydrogen) atoms.